The van der Waals surface area contributed by atoms with E-state index in [0.717, 1.165) is 68.8 Å². The van der Waals surface area contributed by atoms with Crippen LogP contribution < -0.4 is 10.6 Å². The van der Waals surface area contributed by atoms with E-state index in [1.54, 1.807) is 7.11 Å². The molecule has 1 heterocycles. The Morgan fingerprint density at radius 3 is 2.48 bits per heavy atom. The highest BCUT2D eigenvalue weighted by molar-refractivity contribution is 6.31. The van der Waals surface area contributed by atoms with E-state index in [1.165, 1.54) is 0 Å². The number of halogens is 1. The Kier molecular flexibility index (Phi) is 10.2. The summed E-state index contributed by atoms with van der Waals surface area (Å²) in [4.78, 5) is 7.25. The van der Waals surface area contributed by atoms with Crippen LogP contribution in [0.4, 0.5) is 0 Å². The van der Waals surface area contributed by atoms with Crippen LogP contribution in [0.5, 0.6) is 0 Å². The van der Waals surface area contributed by atoms with Crippen LogP contribution in [0.1, 0.15) is 45.2 Å². The Labute approximate surface area is 181 Å². The first kappa shape index (κ1) is 23.9. The van der Waals surface area contributed by atoms with Gasteiger partial charge in [-0.15, -0.1) is 0 Å². The van der Waals surface area contributed by atoms with Crippen LogP contribution >= 0.6 is 11.6 Å². The predicted molar refractivity (Wildman–Crippen MR) is 121 cm³/mol. The minimum Gasteiger partial charge on any atom is -0.381 e. The Morgan fingerprint density at radius 1 is 1.21 bits per heavy atom. The topological polar surface area (TPSA) is 58.1 Å². The third kappa shape index (κ3) is 6.85. The largest absolute Gasteiger partial charge is 0.381 e. The van der Waals surface area contributed by atoms with Gasteiger partial charge in [0.05, 0.1) is 18.2 Å². The van der Waals surface area contributed by atoms with Gasteiger partial charge in [0.15, 0.2) is 5.96 Å². The van der Waals surface area contributed by atoms with Gasteiger partial charge in [0.2, 0.25) is 0 Å². The zero-order valence-electron chi connectivity index (χ0n) is 18.3. The molecular formula is C22H37ClN4O2. The quantitative estimate of drug-likeness (QED) is 0.445. The lowest BCUT2D eigenvalue weighted by Gasteiger charge is -2.35. The number of nitrogens with zero attached hydrogens (tertiary/aromatic N) is 2. The molecular weight excluding hydrogens is 388 g/mol. The smallest absolute Gasteiger partial charge is 0.191 e. The second-order valence-corrected chi connectivity index (χ2v) is 7.74. The average Bonchev–Trinajstić information content (AvgIpc) is 2.76. The van der Waals surface area contributed by atoms with Crippen molar-refractivity contribution in [1.29, 1.82) is 0 Å². The summed E-state index contributed by atoms with van der Waals surface area (Å²) in [7, 11) is 1.77. The summed E-state index contributed by atoms with van der Waals surface area (Å²) in [5.41, 5.74) is 0.903. The standard InChI is InChI=1S/C22H37ClN4O2/c1-5-24-21(26-17-22(28-4)12-14-29-15-13-22)25-16-20(27(6-2)7-3)18-10-8-9-11-19(18)23/h8-11,20H,5-7,12-17H2,1-4H3,(H2,24,25,26). The molecule has 0 aromatic heterocycles. The summed E-state index contributed by atoms with van der Waals surface area (Å²) in [5.74, 6) is 0.805. The lowest BCUT2D eigenvalue weighted by molar-refractivity contribution is -0.0828. The van der Waals surface area contributed by atoms with Crippen LogP contribution in [0, 0.1) is 0 Å². The van der Waals surface area contributed by atoms with E-state index in [4.69, 9.17) is 26.1 Å². The number of hydrogen-bond donors (Lipinski definition) is 2. The lowest BCUT2D eigenvalue weighted by Crippen LogP contribution is -2.45. The minimum atomic E-state index is -0.235. The van der Waals surface area contributed by atoms with E-state index in [0.29, 0.717) is 6.54 Å². The summed E-state index contributed by atoms with van der Waals surface area (Å²) in [6.07, 6.45) is 1.74. The van der Waals surface area contributed by atoms with E-state index in [1.807, 2.05) is 18.2 Å². The summed E-state index contributed by atoms with van der Waals surface area (Å²) < 4.78 is 11.3. The molecule has 6 nitrogen and oxygen atoms in total. The van der Waals surface area contributed by atoms with Crippen molar-refractivity contribution in [2.75, 3.05) is 53.0 Å². The molecule has 164 valence electrons. The van der Waals surface area contributed by atoms with Gasteiger partial charge in [-0.3, -0.25) is 9.89 Å². The van der Waals surface area contributed by atoms with E-state index >= 15 is 0 Å². The molecule has 1 saturated heterocycles. The van der Waals surface area contributed by atoms with Gasteiger partial charge >= 0.3 is 0 Å². The number of benzene rings is 1. The fourth-order valence-corrected chi connectivity index (χ4v) is 4.04. The molecule has 0 aliphatic carbocycles. The summed E-state index contributed by atoms with van der Waals surface area (Å²) in [5, 5.41) is 7.69. The van der Waals surface area contributed by atoms with Crippen molar-refractivity contribution in [2.24, 2.45) is 4.99 Å². The molecule has 1 aliphatic heterocycles. The molecule has 2 N–H and O–H groups in total. The van der Waals surface area contributed by atoms with Crippen molar-refractivity contribution in [3.63, 3.8) is 0 Å². The lowest BCUT2D eigenvalue weighted by atomic mass is 9.94. The van der Waals surface area contributed by atoms with Gasteiger partial charge in [0.25, 0.3) is 0 Å². The van der Waals surface area contributed by atoms with Crippen molar-refractivity contribution in [3.05, 3.63) is 34.9 Å². The molecule has 1 aromatic carbocycles. The maximum absolute atomic E-state index is 6.52. The molecule has 0 spiro atoms. The van der Waals surface area contributed by atoms with E-state index in [9.17, 15) is 0 Å². The number of nitrogens with one attached hydrogen (secondary N) is 2. The zero-order chi connectivity index (χ0) is 21.1. The third-order valence-corrected chi connectivity index (χ3v) is 6.03. The highest BCUT2D eigenvalue weighted by Crippen LogP contribution is 2.27. The second kappa shape index (κ2) is 12.4. The van der Waals surface area contributed by atoms with Crippen molar-refractivity contribution in [1.82, 2.24) is 15.5 Å². The number of hydrogen-bond acceptors (Lipinski definition) is 4. The first-order valence-corrected chi connectivity index (χ1v) is 11.1. The fourth-order valence-electron chi connectivity index (χ4n) is 3.77. The molecule has 1 aliphatic rings. The van der Waals surface area contributed by atoms with E-state index in [2.05, 4.69) is 42.4 Å². The number of rotatable bonds is 10. The number of ether oxygens (including phenoxy) is 2. The van der Waals surface area contributed by atoms with E-state index < -0.39 is 0 Å². The molecule has 2 rings (SSSR count). The van der Waals surface area contributed by atoms with Crippen molar-refractivity contribution in [2.45, 2.75) is 45.3 Å². The molecule has 29 heavy (non-hydrogen) atoms. The molecule has 1 aromatic rings. The Bertz CT molecular complexity index is 631. The summed E-state index contributed by atoms with van der Waals surface area (Å²) in [6, 6.07) is 8.26. The van der Waals surface area contributed by atoms with Gasteiger partial charge in [-0.2, -0.15) is 0 Å². The van der Waals surface area contributed by atoms with Crippen LogP contribution in [0.3, 0.4) is 0 Å². The average molecular weight is 425 g/mol. The van der Waals surface area contributed by atoms with Crippen molar-refractivity contribution >= 4 is 17.6 Å². The Balaban J connectivity index is 2.13. The van der Waals surface area contributed by atoms with Crippen LogP contribution in [0.15, 0.2) is 29.3 Å². The molecule has 0 radical (unpaired) electrons. The normalized spacial score (nSPS) is 17.9. The summed E-state index contributed by atoms with van der Waals surface area (Å²) in [6.45, 7) is 11.9. The fraction of sp³-hybridized carbons (Fsp3) is 0.682. The van der Waals surface area contributed by atoms with Crippen LogP contribution in [0.2, 0.25) is 5.02 Å². The van der Waals surface area contributed by atoms with Crippen LogP contribution in [0.25, 0.3) is 0 Å². The van der Waals surface area contributed by atoms with Gasteiger partial charge in [0.1, 0.15) is 0 Å². The zero-order valence-corrected chi connectivity index (χ0v) is 19.1. The second-order valence-electron chi connectivity index (χ2n) is 7.33. The molecule has 0 saturated carbocycles. The molecule has 0 amide bonds. The molecule has 1 fully saturated rings. The molecule has 1 unspecified atom stereocenters. The monoisotopic (exact) mass is 424 g/mol. The molecule has 7 heteroatoms. The van der Waals surface area contributed by atoms with Gasteiger partial charge < -0.3 is 20.1 Å². The highest BCUT2D eigenvalue weighted by Gasteiger charge is 2.32. The minimum absolute atomic E-state index is 0.169. The van der Waals surface area contributed by atoms with Gasteiger partial charge in [0, 0.05) is 51.3 Å². The first-order chi connectivity index (χ1) is 14.1. The number of likely N-dealkylation sites (N-methyl/N-ethyl adjacent to an activating group) is 1. The maximum Gasteiger partial charge on any atom is 0.191 e. The van der Waals surface area contributed by atoms with Gasteiger partial charge in [-0.25, -0.2) is 0 Å². The van der Waals surface area contributed by atoms with Crippen LogP contribution in [-0.4, -0.2) is 69.5 Å². The highest BCUT2D eigenvalue weighted by atomic mass is 35.5. The molecule has 0 bridgehead atoms. The van der Waals surface area contributed by atoms with Gasteiger partial charge in [-0.1, -0.05) is 43.6 Å². The number of methoxy groups -OCH3 is 1. The van der Waals surface area contributed by atoms with E-state index in [-0.39, 0.29) is 11.6 Å². The Hall–Kier alpha value is -1.34. The Morgan fingerprint density at radius 2 is 1.90 bits per heavy atom. The van der Waals surface area contributed by atoms with Crippen molar-refractivity contribution in [3.8, 4) is 0 Å². The number of aliphatic imine (C=N–C) groups is 1. The molecule has 1 atom stereocenters. The predicted octanol–water partition coefficient (Wildman–Crippen LogP) is 3.47. The van der Waals surface area contributed by atoms with Gasteiger partial charge in [-0.05, 0) is 31.6 Å². The summed E-state index contributed by atoms with van der Waals surface area (Å²) >= 11 is 6.52. The third-order valence-electron chi connectivity index (χ3n) is 5.69. The number of guanidine groups is 1. The van der Waals surface area contributed by atoms with Crippen LogP contribution in [-0.2, 0) is 9.47 Å². The SMILES string of the molecule is CCNC(=NCC1(OC)CCOCC1)NCC(c1ccccc1Cl)N(CC)CC. The van der Waals surface area contributed by atoms with Crippen molar-refractivity contribution < 1.29 is 9.47 Å². The first-order valence-electron chi connectivity index (χ1n) is 10.7. The maximum atomic E-state index is 6.52.